The van der Waals surface area contributed by atoms with E-state index in [9.17, 15) is 4.79 Å². The number of carbonyl (C=O) groups is 1. The van der Waals surface area contributed by atoms with Crippen LogP contribution in [-0.4, -0.2) is 35.8 Å². The van der Waals surface area contributed by atoms with Crippen molar-refractivity contribution in [1.82, 2.24) is 15.6 Å². The van der Waals surface area contributed by atoms with Gasteiger partial charge in [-0.1, -0.05) is 19.8 Å². The first-order valence-electron chi connectivity index (χ1n) is 8.75. The Labute approximate surface area is 138 Å². The minimum atomic E-state index is -0.0639. The summed E-state index contributed by atoms with van der Waals surface area (Å²) in [6.07, 6.45) is 10.2. The van der Waals surface area contributed by atoms with Gasteiger partial charge in [-0.15, -0.1) is 0 Å². The zero-order valence-corrected chi connectivity index (χ0v) is 13.9. The molecule has 1 aliphatic carbocycles. The summed E-state index contributed by atoms with van der Waals surface area (Å²) in [6.45, 7) is 3.50. The fourth-order valence-corrected chi connectivity index (χ4v) is 3.81. The smallest absolute Gasteiger partial charge is 0.315 e. The van der Waals surface area contributed by atoms with Crippen molar-refractivity contribution >= 4 is 6.03 Å². The number of carbonyl (C=O) groups excluding carboxylic acids is 1. The first kappa shape index (κ1) is 16.2. The van der Waals surface area contributed by atoms with Crippen molar-refractivity contribution in [3.63, 3.8) is 0 Å². The number of amides is 2. The maximum absolute atomic E-state index is 12.2. The first-order valence-corrected chi connectivity index (χ1v) is 8.75. The van der Waals surface area contributed by atoms with Gasteiger partial charge < -0.3 is 15.4 Å². The summed E-state index contributed by atoms with van der Waals surface area (Å²) in [5, 5.41) is 6.13. The van der Waals surface area contributed by atoms with E-state index in [-0.39, 0.29) is 23.6 Å². The van der Waals surface area contributed by atoms with E-state index in [2.05, 4.69) is 22.5 Å². The molecule has 5 nitrogen and oxygen atoms in total. The summed E-state index contributed by atoms with van der Waals surface area (Å²) >= 11 is 0. The Morgan fingerprint density at radius 1 is 1.39 bits per heavy atom. The lowest BCUT2D eigenvalue weighted by molar-refractivity contribution is -0.0820. The standard InChI is InChI=1S/C18H27N3O2/c1-14(15-4-9-19-10-5-15)13-20-17(22)21-16-6-11-23-18(12-16)7-2-3-8-18/h4-5,9-10,14,16H,2-3,6-8,11-13H2,1H3,(H2,20,21,22). The van der Waals surface area contributed by atoms with E-state index in [1.54, 1.807) is 12.4 Å². The van der Waals surface area contributed by atoms with Crippen LogP contribution in [0.3, 0.4) is 0 Å². The summed E-state index contributed by atoms with van der Waals surface area (Å²) in [6, 6.07) is 4.16. The van der Waals surface area contributed by atoms with Crippen molar-refractivity contribution in [3.05, 3.63) is 30.1 Å². The van der Waals surface area contributed by atoms with Gasteiger partial charge in [0.2, 0.25) is 0 Å². The lowest BCUT2D eigenvalue weighted by atomic mass is 9.89. The SMILES string of the molecule is CC(CNC(=O)NC1CCOC2(CCCC2)C1)c1ccncc1. The molecule has 0 aromatic carbocycles. The van der Waals surface area contributed by atoms with Gasteiger partial charge in [-0.05, 0) is 49.3 Å². The van der Waals surface area contributed by atoms with Gasteiger partial charge in [0.15, 0.2) is 0 Å². The fourth-order valence-electron chi connectivity index (χ4n) is 3.81. The van der Waals surface area contributed by atoms with Crippen molar-refractivity contribution < 1.29 is 9.53 Å². The zero-order valence-electron chi connectivity index (χ0n) is 13.9. The topological polar surface area (TPSA) is 63.2 Å². The third-order valence-electron chi connectivity index (χ3n) is 5.19. The molecule has 5 heteroatoms. The molecule has 1 aromatic heterocycles. The van der Waals surface area contributed by atoms with Crippen LogP contribution in [-0.2, 0) is 4.74 Å². The van der Waals surface area contributed by atoms with E-state index in [1.807, 2.05) is 12.1 Å². The van der Waals surface area contributed by atoms with Crippen LogP contribution in [0.25, 0.3) is 0 Å². The highest BCUT2D eigenvalue weighted by Gasteiger charge is 2.40. The Balaban J connectivity index is 1.44. The molecule has 1 aliphatic heterocycles. The van der Waals surface area contributed by atoms with E-state index in [4.69, 9.17) is 4.74 Å². The van der Waals surface area contributed by atoms with Crippen molar-refractivity contribution in [2.24, 2.45) is 0 Å². The number of nitrogens with one attached hydrogen (secondary N) is 2. The predicted octanol–water partition coefficient (Wildman–Crippen LogP) is 2.98. The Kier molecular flexibility index (Phi) is 5.16. The van der Waals surface area contributed by atoms with Crippen LogP contribution in [0.15, 0.2) is 24.5 Å². The molecule has 2 N–H and O–H groups in total. The second kappa shape index (κ2) is 7.30. The van der Waals surface area contributed by atoms with Crippen molar-refractivity contribution in [3.8, 4) is 0 Å². The van der Waals surface area contributed by atoms with Gasteiger partial charge >= 0.3 is 6.03 Å². The number of rotatable bonds is 4. The maximum Gasteiger partial charge on any atom is 0.315 e. The van der Waals surface area contributed by atoms with Crippen molar-refractivity contribution in [1.29, 1.82) is 0 Å². The van der Waals surface area contributed by atoms with Gasteiger partial charge in [0.1, 0.15) is 0 Å². The number of aromatic nitrogens is 1. The number of hydrogen-bond donors (Lipinski definition) is 2. The number of nitrogens with zero attached hydrogens (tertiary/aromatic N) is 1. The Morgan fingerprint density at radius 2 is 2.13 bits per heavy atom. The molecule has 2 atom stereocenters. The number of hydrogen-bond acceptors (Lipinski definition) is 3. The third-order valence-corrected chi connectivity index (χ3v) is 5.19. The fraction of sp³-hybridized carbons (Fsp3) is 0.667. The van der Waals surface area contributed by atoms with Crippen LogP contribution in [0, 0.1) is 0 Å². The number of ether oxygens (including phenoxy) is 1. The molecule has 3 rings (SSSR count). The van der Waals surface area contributed by atoms with Crippen LogP contribution in [0.2, 0.25) is 0 Å². The van der Waals surface area contributed by atoms with Gasteiger partial charge in [-0.25, -0.2) is 4.79 Å². The molecule has 2 heterocycles. The van der Waals surface area contributed by atoms with Crippen LogP contribution < -0.4 is 10.6 Å². The summed E-state index contributed by atoms with van der Waals surface area (Å²) in [5.74, 6) is 0.277. The second-order valence-electron chi connectivity index (χ2n) is 6.96. The van der Waals surface area contributed by atoms with Gasteiger partial charge in [0.25, 0.3) is 0 Å². The van der Waals surface area contributed by atoms with Gasteiger partial charge in [-0.2, -0.15) is 0 Å². The van der Waals surface area contributed by atoms with E-state index >= 15 is 0 Å². The highest BCUT2D eigenvalue weighted by Crippen LogP contribution is 2.39. The van der Waals surface area contributed by atoms with E-state index in [0.29, 0.717) is 6.54 Å². The molecule has 2 unspecified atom stereocenters. The van der Waals surface area contributed by atoms with Crippen LogP contribution >= 0.6 is 0 Å². The molecule has 1 aromatic rings. The zero-order chi connectivity index (χ0) is 16.1. The molecule has 2 amide bonds. The van der Waals surface area contributed by atoms with Crippen molar-refractivity contribution in [2.45, 2.75) is 63.0 Å². The molecule has 0 radical (unpaired) electrons. The Morgan fingerprint density at radius 3 is 2.87 bits per heavy atom. The highest BCUT2D eigenvalue weighted by atomic mass is 16.5. The second-order valence-corrected chi connectivity index (χ2v) is 6.96. The van der Waals surface area contributed by atoms with Gasteiger partial charge in [0.05, 0.1) is 5.60 Å². The summed E-state index contributed by atoms with van der Waals surface area (Å²) in [5.41, 5.74) is 1.23. The predicted molar refractivity (Wildman–Crippen MR) is 89.4 cm³/mol. The largest absolute Gasteiger partial charge is 0.375 e. The number of pyridine rings is 1. The molecule has 1 saturated carbocycles. The molecular formula is C18H27N3O2. The van der Waals surface area contributed by atoms with Crippen molar-refractivity contribution in [2.75, 3.05) is 13.2 Å². The third kappa shape index (κ3) is 4.22. The normalized spacial score (nSPS) is 24.3. The molecular weight excluding hydrogens is 290 g/mol. The molecule has 1 spiro atoms. The Hall–Kier alpha value is -1.62. The average molecular weight is 317 g/mol. The quantitative estimate of drug-likeness (QED) is 0.897. The van der Waals surface area contributed by atoms with E-state index in [1.165, 1.54) is 18.4 Å². The van der Waals surface area contributed by atoms with E-state index in [0.717, 1.165) is 32.3 Å². The van der Waals surface area contributed by atoms with Gasteiger partial charge in [-0.3, -0.25) is 4.98 Å². The molecule has 126 valence electrons. The summed E-state index contributed by atoms with van der Waals surface area (Å²) < 4.78 is 6.02. The minimum absolute atomic E-state index is 0.0422. The minimum Gasteiger partial charge on any atom is -0.375 e. The average Bonchev–Trinajstić information content (AvgIpc) is 3.01. The monoisotopic (exact) mass is 317 g/mol. The lowest BCUT2D eigenvalue weighted by Gasteiger charge is -2.38. The number of urea groups is 1. The first-order chi connectivity index (χ1) is 11.2. The molecule has 0 bridgehead atoms. The summed E-state index contributed by atoms with van der Waals surface area (Å²) in [7, 11) is 0. The van der Waals surface area contributed by atoms with Crippen LogP contribution in [0.5, 0.6) is 0 Å². The molecule has 2 aliphatic rings. The highest BCUT2D eigenvalue weighted by molar-refractivity contribution is 5.74. The van der Waals surface area contributed by atoms with E-state index < -0.39 is 0 Å². The maximum atomic E-state index is 12.2. The van der Waals surface area contributed by atoms with Crippen LogP contribution in [0.4, 0.5) is 4.79 Å². The molecule has 23 heavy (non-hydrogen) atoms. The summed E-state index contributed by atoms with van der Waals surface area (Å²) in [4.78, 5) is 16.2. The van der Waals surface area contributed by atoms with Gasteiger partial charge in [0, 0.05) is 31.6 Å². The Bertz CT molecular complexity index is 514. The molecule has 2 fully saturated rings. The molecule has 1 saturated heterocycles. The lowest BCUT2D eigenvalue weighted by Crippen LogP contribution is -2.50. The van der Waals surface area contributed by atoms with Crippen LogP contribution in [0.1, 0.15) is 56.9 Å².